The highest BCUT2D eigenvalue weighted by molar-refractivity contribution is 5.50. The molecule has 2 nitrogen and oxygen atoms in total. The number of methoxy groups -OCH3 is 1. The minimum Gasteiger partial charge on any atom is -0.497 e. The normalized spacial score (nSPS) is 12.5. The Morgan fingerprint density at radius 2 is 1.82 bits per heavy atom. The number of allylic oxidation sites excluding steroid dienone is 4. The van der Waals surface area contributed by atoms with Gasteiger partial charge in [0, 0.05) is 11.4 Å². The molecule has 0 saturated carbocycles. The van der Waals surface area contributed by atoms with Gasteiger partial charge in [-0.1, -0.05) is 18.6 Å². The third-order valence-corrected chi connectivity index (χ3v) is 2.61. The van der Waals surface area contributed by atoms with Crippen LogP contribution in [0.5, 0.6) is 5.75 Å². The van der Waals surface area contributed by atoms with Gasteiger partial charge < -0.3 is 10.1 Å². The van der Waals surface area contributed by atoms with Crippen molar-refractivity contribution in [3.63, 3.8) is 0 Å². The lowest BCUT2D eigenvalue weighted by Crippen LogP contribution is -1.95. The molecule has 0 saturated heterocycles. The Labute approximate surface area is 104 Å². The van der Waals surface area contributed by atoms with Crippen molar-refractivity contribution >= 4 is 5.69 Å². The van der Waals surface area contributed by atoms with Gasteiger partial charge in [-0.2, -0.15) is 0 Å². The first-order chi connectivity index (χ1) is 8.15. The quantitative estimate of drug-likeness (QED) is 0.760. The molecule has 0 heterocycles. The third kappa shape index (κ3) is 4.77. The topological polar surface area (TPSA) is 21.3 Å². The lowest BCUT2D eigenvalue weighted by atomic mass is 10.2. The van der Waals surface area contributed by atoms with Crippen molar-refractivity contribution in [2.45, 2.75) is 27.2 Å². The first-order valence-electron chi connectivity index (χ1n) is 5.91. The van der Waals surface area contributed by atoms with Gasteiger partial charge in [0.15, 0.2) is 0 Å². The van der Waals surface area contributed by atoms with Crippen LogP contribution in [0.4, 0.5) is 5.69 Å². The molecule has 1 N–H and O–H groups in total. The zero-order valence-electron chi connectivity index (χ0n) is 11.1. The molecule has 1 rings (SSSR count). The van der Waals surface area contributed by atoms with E-state index in [4.69, 9.17) is 4.74 Å². The lowest BCUT2D eigenvalue weighted by molar-refractivity contribution is 0.415. The second-order valence-corrected chi connectivity index (χ2v) is 4.07. The van der Waals surface area contributed by atoms with Crippen molar-refractivity contribution in [3.8, 4) is 5.75 Å². The number of nitrogens with one attached hydrogen (secondary N) is 1. The fourth-order valence-electron chi connectivity index (χ4n) is 1.33. The summed E-state index contributed by atoms with van der Waals surface area (Å²) in [6.45, 7) is 6.35. The zero-order chi connectivity index (χ0) is 12.7. The Bertz CT molecular complexity index is 401. The van der Waals surface area contributed by atoms with Crippen LogP contribution in [0.25, 0.3) is 0 Å². The molecule has 0 radical (unpaired) electrons. The van der Waals surface area contributed by atoms with Crippen molar-refractivity contribution in [3.05, 3.63) is 47.7 Å². The molecule has 0 spiro atoms. The van der Waals surface area contributed by atoms with Crippen LogP contribution in [-0.2, 0) is 0 Å². The van der Waals surface area contributed by atoms with E-state index in [0.29, 0.717) is 0 Å². The van der Waals surface area contributed by atoms with Gasteiger partial charge in [-0.15, -0.1) is 0 Å². The Balaban J connectivity index is 2.64. The highest BCUT2D eigenvalue weighted by Gasteiger charge is 1.93. The van der Waals surface area contributed by atoms with Gasteiger partial charge in [0.05, 0.1) is 7.11 Å². The van der Waals surface area contributed by atoms with Crippen LogP contribution in [0.2, 0.25) is 0 Å². The number of ether oxygens (including phenoxy) is 1. The summed E-state index contributed by atoms with van der Waals surface area (Å²) in [7, 11) is 1.67. The van der Waals surface area contributed by atoms with Gasteiger partial charge in [0.25, 0.3) is 0 Å². The molecule has 2 heteroatoms. The molecule has 0 fully saturated rings. The number of rotatable bonds is 5. The lowest BCUT2D eigenvalue weighted by Gasteiger charge is -2.07. The van der Waals surface area contributed by atoms with E-state index in [1.54, 1.807) is 7.11 Å². The molecule has 17 heavy (non-hydrogen) atoms. The Morgan fingerprint density at radius 1 is 1.18 bits per heavy atom. The number of benzene rings is 1. The highest BCUT2D eigenvalue weighted by Crippen LogP contribution is 2.16. The summed E-state index contributed by atoms with van der Waals surface area (Å²) in [5, 5.41) is 3.33. The van der Waals surface area contributed by atoms with Crippen molar-refractivity contribution < 1.29 is 4.74 Å². The first-order valence-corrected chi connectivity index (χ1v) is 5.91. The maximum Gasteiger partial charge on any atom is 0.119 e. The van der Waals surface area contributed by atoms with Crippen molar-refractivity contribution in [2.24, 2.45) is 0 Å². The van der Waals surface area contributed by atoms with E-state index in [1.807, 2.05) is 24.3 Å². The second-order valence-electron chi connectivity index (χ2n) is 4.07. The highest BCUT2D eigenvalue weighted by atomic mass is 16.5. The molecule has 0 aromatic heterocycles. The Hall–Kier alpha value is -1.70. The largest absolute Gasteiger partial charge is 0.497 e. The van der Waals surface area contributed by atoms with E-state index < -0.39 is 0 Å². The van der Waals surface area contributed by atoms with Gasteiger partial charge in [-0.3, -0.25) is 0 Å². The Kier molecular flexibility index (Phi) is 5.34. The van der Waals surface area contributed by atoms with Crippen LogP contribution in [0.15, 0.2) is 47.7 Å². The Morgan fingerprint density at radius 3 is 2.35 bits per heavy atom. The molecule has 0 bridgehead atoms. The van der Waals surface area contributed by atoms with Gasteiger partial charge in [-0.25, -0.2) is 0 Å². The molecular formula is C15H21NO. The SMILES string of the molecule is CC/C(C)=C\C=C(/C)Nc1ccc(OC)cc1. The maximum absolute atomic E-state index is 5.12. The number of anilines is 1. The van der Waals surface area contributed by atoms with Crippen LogP contribution >= 0.6 is 0 Å². The fraction of sp³-hybridized carbons (Fsp3) is 0.333. The molecule has 0 aliphatic rings. The summed E-state index contributed by atoms with van der Waals surface area (Å²) >= 11 is 0. The first kappa shape index (κ1) is 13.4. The van der Waals surface area contributed by atoms with Crippen LogP contribution in [0.1, 0.15) is 27.2 Å². The summed E-state index contributed by atoms with van der Waals surface area (Å²) in [6, 6.07) is 7.91. The van der Waals surface area contributed by atoms with E-state index in [9.17, 15) is 0 Å². The standard InChI is InChI=1S/C15H21NO/c1-5-12(2)6-7-13(3)16-14-8-10-15(17-4)11-9-14/h6-11,16H,5H2,1-4H3/b12-6-,13-7+. The van der Waals surface area contributed by atoms with E-state index in [0.717, 1.165) is 23.6 Å². The summed E-state index contributed by atoms with van der Waals surface area (Å²) in [4.78, 5) is 0. The zero-order valence-corrected chi connectivity index (χ0v) is 11.1. The summed E-state index contributed by atoms with van der Waals surface area (Å²) in [5.41, 5.74) is 3.57. The van der Waals surface area contributed by atoms with E-state index in [2.05, 4.69) is 38.2 Å². The van der Waals surface area contributed by atoms with E-state index >= 15 is 0 Å². The number of hydrogen-bond donors (Lipinski definition) is 1. The molecule has 0 unspecified atom stereocenters. The predicted octanol–water partition coefficient (Wildman–Crippen LogP) is 4.37. The van der Waals surface area contributed by atoms with Gasteiger partial charge in [0.2, 0.25) is 0 Å². The third-order valence-electron chi connectivity index (χ3n) is 2.61. The monoisotopic (exact) mass is 231 g/mol. The van der Waals surface area contributed by atoms with Gasteiger partial charge in [-0.05, 0) is 50.6 Å². The molecule has 0 aliphatic heterocycles. The summed E-state index contributed by atoms with van der Waals surface area (Å²) < 4.78 is 5.12. The minimum atomic E-state index is 0.874. The second kappa shape index (κ2) is 6.79. The molecular weight excluding hydrogens is 210 g/mol. The van der Waals surface area contributed by atoms with Crippen molar-refractivity contribution in [2.75, 3.05) is 12.4 Å². The molecule has 92 valence electrons. The number of hydrogen-bond acceptors (Lipinski definition) is 2. The smallest absolute Gasteiger partial charge is 0.119 e. The molecule has 0 aliphatic carbocycles. The maximum atomic E-state index is 5.12. The van der Waals surface area contributed by atoms with Crippen LogP contribution in [-0.4, -0.2) is 7.11 Å². The average Bonchev–Trinajstić information content (AvgIpc) is 2.36. The molecule has 0 amide bonds. The molecule has 1 aromatic carbocycles. The van der Waals surface area contributed by atoms with E-state index in [-0.39, 0.29) is 0 Å². The molecule has 1 aromatic rings. The molecule has 0 atom stereocenters. The van der Waals surface area contributed by atoms with Crippen molar-refractivity contribution in [1.82, 2.24) is 0 Å². The average molecular weight is 231 g/mol. The van der Waals surface area contributed by atoms with E-state index in [1.165, 1.54) is 5.57 Å². The van der Waals surface area contributed by atoms with Crippen LogP contribution in [0, 0.1) is 0 Å². The van der Waals surface area contributed by atoms with Crippen LogP contribution < -0.4 is 10.1 Å². The van der Waals surface area contributed by atoms with Gasteiger partial charge in [0.1, 0.15) is 5.75 Å². The minimum absolute atomic E-state index is 0.874. The van der Waals surface area contributed by atoms with Crippen LogP contribution in [0.3, 0.4) is 0 Å². The van der Waals surface area contributed by atoms with Crippen molar-refractivity contribution in [1.29, 1.82) is 0 Å². The summed E-state index contributed by atoms with van der Waals surface area (Å²) in [6.07, 6.45) is 5.33. The predicted molar refractivity (Wildman–Crippen MR) is 74.4 cm³/mol. The summed E-state index contributed by atoms with van der Waals surface area (Å²) in [5.74, 6) is 0.874. The fourth-order valence-corrected chi connectivity index (χ4v) is 1.33. The van der Waals surface area contributed by atoms with Gasteiger partial charge >= 0.3 is 0 Å².